The van der Waals surface area contributed by atoms with Crippen molar-refractivity contribution in [2.24, 2.45) is 11.8 Å². The van der Waals surface area contributed by atoms with Crippen molar-refractivity contribution in [3.8, 4) is 0 Å². The van der Waals surface area contributed by atoms with E-state index in [0.717, 1.165) is 75.1 Å². The molecule has 25 heavy (non-hydrogen) atoms. The zero-order valence-corrected chi connectivity index (χ0v) is 15.5. The molecule has 2 amide bonds. The molecule has 0 spiro atoms. The fourth-order valence-electron chi connectivity index (χ4n) is 4.63. The lowest BCUT2D eigenvalue weighted by Crippen LogP contribution is -2.48. The summed E-state index contributed by atoms with van der Waals surface area (Å²) in [6.45, 7) is 4.63. The summed E-state index contributed by atoms with van der Waals surface area (Å²) in [6, 6.07) is 3.74. The van der Waals surface area contributed by atoms with E-state index in [0.29, 0.717) is 6.42 Å². The summed E-state index contributed by atoms with van der Waals surface area (Å²) in [6.07, 6.45) is 4.38. The Kier molecular flexibility index (Phi) is 5.08. The Morgan fingerprint density at radius 2 is 1.88 bits per heavy atom. The van der Waals surface area contributed by atoms with E-state index in [2.05, 4.69) is 5.32 Å². The molecule has 1 aromatic heterocycles. The molecule has 4 heterocycles. The van der Waals surface area contributed by atoms with Gasteiger partial charge in [-0.25, -0.2) is 0 Å². The maximum atomic E-state index is 13.1. The van der Waals surface area contributed by atoms with Crippen LogP contribution in [0.5, 0.6) is 0 Å². The van der Waals surface area contributed by atoms with Gasteiger partial charge in [0.2, 0.25) is 11.8 Å². The van der Waals surface area contributed by atoms with Crippen molar-refractivity contribution in [2.45, 2.75) is 38.1 Å². The first-order chi connectivity index (χ1) is 12.2. The maximum absolute atomic E-state index is 13.1. The fraction of sp³-hybridized carbons (Fsp3) is 0.684. The number of amides is 2. The molecule has 3 aliphatic heterocycles. The number of hydrogen-bond acceptors (Lipinski definition) is 4. The van der Waals surface area contributed by atoms with Gasteiger partial charge < -0.3 is 15.1 Å². The Labute approximate surface area is 153 Å². The molecule has 0 saturated carbocycles. The van der Waals surface area contributed by atoms with E-state index in [-0.39, 0.29) is 17.9 Å². The number of carbonyl (C=O) groups is 2. The highest BCUT2D eigenvalue weighted by atomic mass is 32.1. The largest absolute Gasteiger partial charge is 0.341 e. The van der Waals surface area contributed by atoms with Crippen molar-refractivity contribution < 1.29 is 9.59 Å². The van der Waals surface area contributed by atoms with Crippen molar-refractivity contribution in [3.05, 3.63) is 22.4 Å². The average molecular weight is 362 g/mol. The fourth-order valence-corrected chi connectivity index (χ4v) is 5.33. The van der Waals surface area contributed by atoms with Gasteiger partial charge in [-0.05, 0) is 62.1 Å². The van der Waals surface area contributed by atoms with E-state index in [9.17, 15) is 9.59 Å². The van der Waals surface area contributed by atoms with Gasteiger partial charge in [0.1, 0.15) is 6.04 Å². The highest BCUT2D eigenvalue weighted by Crippen LogP contribution is 2.29. The van der Waals surface area contributed by atoms with Crippen molar-refractivity contribution >= 4 is 23.2 Å². The van der Waals surface area contributed by atoms with Gasteiger partial charge in [0.05, 0.1) is 6.42 Å². The third kappa shape index (κ3) is 3.60. The van der Waals surface area contributed by atoms with Gasteiger partial charge in [0.15, 0.2) is 0 Å². The topological polar surface area (TPSA) is 52.7 Å². The van der Waals surface area contributed by atoms with Crippen LogP contribution in [0.1, 0.15) is 30.6 Å². The van der Waals surface area contributed by atoms with Crippen molar-refractivity contribution in [2.75, 3.05) is 32.7 Å². The minimum absolute atomic E-state index is 0.106. The van der Waals surface area contributed by atoms with Gasteiger partial charge in [-0.15, -0.1) is 11.3 Å². The van der Waals surface area contributed by atoms with Crippen molar-refractivity contribution in [1.82, 2.24) is 15.1 Å². The molecule has 0 radical (unpaired) electrons. The van der Waals surface area contributed by atoms with Crippen LogP contribution in [0.4, 0.5) is 0 Å². The summed E-state index contributed by atoms with van der Waals surface area (Å²) in [5.74, 6) is 1.73. The van der Waals surface area contributed by atoms with Crippen molar-refractivity contribution in [3.63, 3.8) is 0 Å². The second kappa shape index (κ2) is 7.46. The van der Waals surface area contributed by atoms with Gasteiger partial charge in [0, 0.05) is 24.5 Å². The Morgan fingerprint density at radius 3 is 2.56 bits per heavy atom. The van der Waals surface area contributed by atoms with E-state index in [1.165, 1.54) is 0 Å². The van der Waals surface area contributed by atoms with Gasteiger partial charge in [-0.2, -0.15) is 0 Å². The van der Waals surface area contributed by atoms with Gasteiger partial charge in [0.25, 0.3) is 0 Å². The molecule has 3 aliphatic rings. The second-order valence-corrected chi connectivity index (χ2v) is 8.61. The van der Waals surface area contributed by atoms with Gasteiger partial charge >= 0.3 is 0 Å². The first-order valence-electron chi connectivity index (χ1n) is 9.53. The second-order valence-electron chi connectivity index (χ2n) is 7.58. The molecule has 4 rings (SSSR count). The van der Waals surface area contributed by atoms with Crippen LogP contribution in [-0.2, 0) is 16.0 Å². The quantitative estimate of drug-likeness (QED) is 0.892. The number of nitrogens with one attached hydrogen (secondary N) is 1. The molecule has 136 valence electrons. The summed E-state index contributed by atoms with van der Waals surface area (Å²) in [4.78, 5) is 30.8. The Bertz CT molecular complexity index is 604. The van der Waals surface area contributed by atoms with Crippen LogP contribution in [0.15, 0.2) is 17.5 Å². The third-order valence-electron chi connectivity index (χ3n) is 6.09. The van der Waals surface area contributed by atoms with Crippen LogP contribution in [0, 0.1) is 11.8 Å². The molecule has 0 aliphatic carbocycles. The minimum atomic E-state index is -0.233. The molecule has 6 heteroatoms. The number of nitrogens with zero attached hydrogens (tertiary/aromatic N) is 2. The number of hydrogen-bond donors (Lipinski definition) is 1. The summed E-state index contributed by atoms with van der Waals surface area (Å²) < 4.78 is 0. The van der Waals surface area contributed by atoms with E-state index >= 15 is 0 Å². The molecule has 3 atom stereocenters. The molecule has 1 aromatic rings. The smallest absolute Gasteiger partial charge is 0.245 e. The molecule has 1 N–H and O–H groups in total. The number of rotatable bonds is 3. The van der Waals surface area contributed by atoms with Crippen LogP contribution >= 0.6 is 11.3 Å². The Hall–Kier alpha value is -1.40. The molecule has 5 nitrogen and oxygen atoms in total. The lowest BCUT2D eigenvalue weighted by atomic mass is 9.92. The number of likely N-dealkylation sites (tertiary alicyclic amines) is 2. The van der Waals surface area contributed by atoms with E-state index in [1.54, 1.807) is 11.3 Å². The zero-order chi connectivity index (χ0) is 17.2. The maximum Gasteiger partial charge on any atom is 0.245 e. The van der Waals surface area contributed by atoms with Crippen LogP contribution in [0.25, 0.3) is 0 Å². The molecule has 3 fully saturated rings. The standard InChI is InChI=1S/C19H27N3O2S/c23-18(11-16-3-2-10-25-16)22-7-1-4-17(22)19(24)21-8-5-14-12-20-13-15(14)6-9-21/h2-3,10,14-15,17,20H,1,4-9,11-13H2/t14-,15+,17?. The third-order valence-corrected chi connectivity index (χ3v) is 6.97. The minimum Gasteiger partial charge on any atom is -0.341 e. The number of carbonyl (C=O) groups excluding carboxylic acids is 2. The summed E-state index contributed by atoms with van der Waals surface area (Å²) in [5, 5.41) is 5.48. The monoisotopic (exact) mass is 361 g/mol. The van der Waals surface area contributed by atoms with Gasteiger partial charge in [-0.1, -0.05) is 6.07 Å². The Balaban J connectivity index is 1.39. The summed E-state index contributed by atoms with van der Waals surface area (Å²) in [7, 11) is 0. The predicted octanol–water partition coefficient (Wildman–Crippen LogP) is 1.74. The van der Waals surface area contributed by atoms with Crippen LogP contribution in [0.3, 0.4) is 0 Å². The average Bonchev–Trinajstić information content (AvgIpc) is 3.34. The van der Waals surface area contributed by atoms with Crippen LogP contribution in [-0.4, -0.2) is 60.4 Å². The van der Waals surface area contributed by atoms with Gasteiger partial charge in [-0.3, -0.25) is 9.59 Å². The molecule has 1 unspecified atom stereocenters. The molecule has 0 bridgehead atoms. The lowest BCUT2D eigenvalue weighted by Gasteiger charge is -2.30. The molecule has 0 aromatic carbocycles. The predicted molar refractivity (Wildman–Crippen MR) is 98.4 cm³/mol. The molecular formula is C19H27N3O2S. The Morgan fingerprint density at radius 1 is 1.12 bits per heavy atom. The first-order valence-corrected chi connectivity index (χ1v) is 10.4. The molecule has 3 saturated heterocycles. The summed E-state index contributed by atoms with van der Waals surface area (Å²) >= 11 is 1.61. The van der Waals surface area contributed by atoms with Crippen LogP contribution in [0.2, 0.25) is 0 Å². The van der Waals surface area contributed by atoms with E-state index in [4.69, 9.17) is 0 Å². The van der Waals surface area contributed by atoms with E-state index in [1.807, 2.05) is 27.3 Å². The van der Waals surface area contributed by atoms with E-state index < -0.39 is 0 Å². The number of fused-ring (bicyclic) bond motifs is 1. The summed E-state index contributed by atoms with van der Waals surface area (Å²) in [5.41, 5.74) is 0. The normalized spacial score (nSPS) is 29.5. The molecular weight excluding hydrogens is 334 g/mol. The SMILES string of the molecule is O=C(C1CCCN1C(=O)Cc1cccs1)N1CC[C@@H]2CNC[C@@H]2CC1. The lowest BCUT2D eigenvalue weighted by molar-refractivity contribution is -0.143. The highest BCUT2D eigenvalue weighted by Gasteiger charge is 2.38. The first kappa shape index (κ1) is 17.0. The highest BCUT2D eigenvalue weighted by molar-refractivity contribution is 7.10. The zero-order valence-electron chi connectivity index (χ0n) is 14.7. The van der Waals surface area contributed by atoms with Crippen molar-refractivity contribution in [1.29, 1.82) is 0 Å². The van der Waals surface area contributed by atoms with Crippen LogP contribution < -0.4 is 5.32 Å². The number of thiophene rings is 1.